The third kappa shape index (κ3) is 4.09. The van der Waals surface area contributed by atoms with Crippen molar-refractivity contribution in [3.05, 3.63) is 64.4 Å². The van der Waals surface area contributed by atoms with E-state index in [0.717, 1.165) is 38.0 Å². The topological polar surface area (TPSA) is 73.9 Å². The Bertz CT molecular complexity index is 888. The van der Waals surface area contributed by atoms with Gasteiger partial charge in [0.2, 0.25) is 0 Å². The number of carbonyl (C=O) groups is 1. The van der Waals surface area contributed by atoms with Crippen LogP contribution in [0.25, 0.3) is 0 Å². The van der Waals surface area contributed by atoms with E-state index in [9.17, 15) is 4.79 Å². The van der Waals surface area contributed by atoms with Gasteiger partial charge in [-0.15, -0.1) is 11.3 Å². The highest BCUT2D eigenvalue weighted by atomic mass is 32.1. The summed E-state index contributed by atoms with van der Waals surface area (Å²) in [6.07, 6.45) is 7.02. The Morgan fingerprint density at radius 3 is 2.93 bits per heavy atom. The minimum absolute atomic E-state index is 0.111. The fraction of sp³-hybridized carbons (Fsp3) is 0.350. The molecule has 2 N–H and O–H groups in total. The number of likely N-dealkylation sites (tertiary alicyclic amines) is 1. The molecule has 0 bridgehead atoms. The summed E-state index contributed by atoms with van der Waals surface area (Å²) in [5.41, 5.74) is 4.10. The zero-order valence-corrected chi connectivity index (χ0v) is 16.1. The Hall–Kier alpha value is -2.51. The van der Waals surface area contributed by atoms with Gasteiger partial charge in [0.1, 0.15) is 0 Å². The molecular weight excluding hydrogens is 358 g/mol. The third-order valence-corrected chi connectivity index (χ3v) is 5.79. The minimum Gasteiger partial charge on any atom is -0.298 e. The van der Waals surface area contributed by atoms with Crippen LogP contribution in [0.2, 0.25) is 0 Å². The standard InChI is InChI=1S/C20H23N5OS/c1-2-14-5-7-16(8-6-14)19(26)24-20-23-17(13-27-20)18-4-3-9-25(18)12-15-10-21-22-11-15/h5-8,10-11,13,18H,2-4,9,12H2,1H3,(H,21,22)(H,23,24,26)/t18-/m1/s1. The van der Waals surface area contributed by atoms with E-state index in [1.54, 1.807) is 0 Å². The lowest BCUT2D eigenvalue weighted by Crippen LogP contribution is -2.22. The van der Waals surface area contributed by atoms with Gasteiger partial charge in [-0.05, 0) is 43.5 Å². The minimum atomic E-state index is -0.111. The molecule has 3 aromatic rings. The molecule has 3 heterocycles. The van der Waals surface area contributed by atoms with Gasteiger partial charge in [0.25, 0.3) is 5.91 Å². The Morgan fingerprint density at radius 2 is 2.19 bits per heavy atom. The molecule has 0 unspecified atom stereocenters. The molecule has 0 radical (unpaired) electrons. The van der Waals surface area contributed by atoms with E-state index in [2.05, 4.69) is 32.7 Å². The molecular formula is C20H23N5OS. The Labute approximate surface area is 162 Å². The fourth-order valence-corrected chi connectivity index (χ4v) is 4.26. The first-order chi connectivity index (χ1) is 13.2. The fourth-order valence-electron chi connectivity index (χ4n) is 3.51. The second-order valence-corrected chi connectivity index (χ2v) is 7.68. The molecule has 1 aliphatic rings. The first kappa shape index (κ1) is 17.9. The predicted octanol–water partition coefficient (Wildman–Crippen LogP) is 4.02. The molecule has 27 heavy (non-hydrogen) atoms. The van der Waals surface area contributed by atoms with Gasteiger partial charge < -0.3 is 0 Å². The van der Waals surface area contributed by atoms with Gasteiger partial charge in [0, 0.05) is 29.2 Å². The van der Waals surface area contributed by atoms with E-state index in [4.69, 9.17) is 4.98 Å². The lowest BCUT2D eigenvalue weighted by molar-refractivity contribution is 0.102. The zero-order valence-electron chi connectivity index (χ0n) is 15.3. The molecule has 4 rings (SSSR count). The molecule has 1 atom stereocenters. The summed E-state index contributed by atoms with van der Waals surface area (Å²) in [5.74, 6) is -0.111. The molecule has 0 aliphatic carbocycles. The Balaban J connectivity index is 1.42. The van der Waals surface area contributed by atoms with Crippen molar-refractivity contribution in [2.24, 2.45) is 0 Å². The number of aromatic nitrogens is 3. The molecule has 7 heteroatoms. The monoisotopic (exact) mass is 381 g/mol. The number of aryl methyl sites for hydroxylation is 1. The number of amides is 1. The number of carbonyl (C=O) groups excluding carboxylic acids is 1. The van der Waals surface area contributed by atoms with E-state index >= 15 is 0 Å². The summed E-state index contributed by atoms with van der Waals surface area (Å²) in [6, 6.07) is 8.02. The van der Waals surface area contributed by atoms with Crippen LogP contribution in [0.1, 0.15) is 53.0 Å². The van der Waals surface area contributed by atoms with Crippen LogP contribution in [-0.4, -0.2) is 32.5 Å². The number of nitrogens with zero attached hydrogens (tertiary/aromatic N) is 3. The number of hydrogen-bond acceptors (Lipinski definition) is 5. The van der Waals surface area contributed by atoms with Crippen molar-refractivity contribution in [2.45, 2.75) is 38.8 Å². The van der Waals surface area contributed by atoms with Gasteiger partial charge in [0.05, 0.1) is 17.9 Å². The SMILES string of the molecule is CCc1ccc(C(=O)Nc2nc([C@H]3CCCN3Cc3cn[nH]c3)cs2)cc1. The molecule has 2 aromatic heterocycles. The number of aromatic amines is 1. The van der Waals surface area contributed by atoms with Crippen molar-refractivity contribution in [2.75, 3.05) is 11.9 Å². The van der Waals surface area contributed by atoms with Crippen molar-refractivity contribution in [3.8, 4) is 0 Å². The predicted molar refractivity (Wildman–Crippen MR) is 107 cm³/mol. The van der Waals surface area contributed by atoms with E-state index in [0.29, 0.717) is 16.7 Å². The van der Waals surface area contributed by atoms with E-state index in [1.165, 1.54) is 22.5 Å². The van der Waals surface area contributed by atoms with Crippen LogP contribution in [0.4, 0.5) is 5.13 Å². The summed E-state index contributed by atoms with van der Waals surface area (Å²) in [6.45, 7) is 4.02. The van der Waals surface area contributed by atoms with Crippen molar-refractivity contribution in [3.63, 3.8) is 0 Å². The van der Waals surface area contributed by atoms with Crippen molar-refractivity contribution in [1.82, 2.24) is 20.1 Å². The second kappa shape index (κ2) is 8.02. The molecule has 140 valence electrons. The van der Waals surface area contributed by atoms with Crippen LogP contribution in [0.15, 0.2) is 42.0 Å². The van der Waals surface area contributed by atoms with Crippen LogP contribution < -0.4 is 5.32 Å². The normalized spacial score (nSPS) is 17.3. The zero-order chi connectivity index (χ0) is 18.6. The van der Waals surface area contributed by atoms with Gasteiger partial charge in [-0.2, -0.15) is 5.10 Å². The Morgan fingerprint density at radius 1 is 1.33 bits per heavy atom. The summed E-state index contributed by atoms with van der Waals surface area (Å²) >= 11 is 1.49. The molecule has 0 saturated carbocycles. The number of hydrogen-bond donors (Lipinski definition) is 2. The van der Waals surface area contributed by atoms with E-state index in [1.807, 2.05) is 36.7 Å². The summed E-state index contributed by atoms with van der Waals surface area (Å²) < 4.78 is 0. The number of H-pyrrole nitrogens is 1. The number of nitrogens with one attached hydrogen (secondary N) is 2. The molecule has 1 fully saturated rings. The van der Waals surface area contributed by atoms with E-state index < -0.39 is 0 Å². The highest BCUT2D eigenvalue weighted by Crippen LogP contribution is 2.34. The van der Waals surface area contributed by atoms with Gasteiger partial charge in [-0.1, -0.05) is 19.1 Å². The summed E-state index contributed by atoms with van der Waals surface area (Å²) in [4.78, 5) is 19.6. The number of anilines is 1. The smallest absolute Gasteiger partial charge is 0.257 e. The summed E-state index contributed by atoms with van der Waals surface area (Å²) in [5, 5.41) is 12.6. The largest absolute Gasteiger partial charge is 0.298 e. The molecule has 6 nitrogen and oxygen atoms in total. The molecule has 1 saturated heterocycles. The van der Waals surface area contributed by atoms with Crippen molar-refractivity contribution in [1.29, 1.82) is 0 Å². The van der Waals surface area contributed by atoms with Crippen LogP contribution in [0.3, 0.4) is 0 Å². The first-order valence-electron chi connectivity index (χ1n) is 9.30. The number of thiazole rings is 1. The average molecular weight is 382 g/mol. The first-order valence-corrected chi connectivity index (χ1v) is 10.2. The number of rotatable bonds is 6. The van der Waals surface area contributed by atoms with E-state index in [-0.39, 0.29) is 5.91 Å². The van der Waals surface area contributed by atoms with Crippen LogP contribution in [0.5, 0.6) is 0 Å². The maximum atomic E-state index is 12.5. The van der Waals surface area contributed by atoms with Gasteiger partial charge >= 0.3 is 0 Å². The van der Waals surface area contributed by atoms with Crippen LogP contribution in [0, 0.1) is 0 Å². The lowest BCUT2D eigenvalue weighted by atomic mass is 10.1. The van der Waals surface area contributed by atoms with Crippen molar-refractivity contribution < 1.29 is 4.79 Å². The van der Waals surface area contributed by atoms with Crippen LogP contribution >= 0.6 is 11.3 Å². The third-order valence-electron chi connectivity index (χ3n) is 5.01. The Kier molecular flexibility index (Phi) is 5.31. The molecule has 1 amide bonds. The summed E-state index contributed by atoms with van der Waals surface area (Å²) in [7, 11) is 0. The van der Waals surface area contributed by atoms with Crippen LogP contribution in [-0.2, 0) is 13.0 Å². The molecule has 1 aliphatic heterocycles. The average Bonchev–Trinajstić information content (AvgIpc) is 3.44. The lowest BCUT2D eigenvalue weighted by Gasteiger charge is -2.22. The van der Waals surface area contributed by atoms with Gasteiger partial charge in [-0.3, -0.25) is 20.1 Å². The van der Waals surface area contributed by atoms with Crippen molar-refractivity contribution >= 4 is 22.4 Å². The molecule has 0 spiro atoms. The van der Waals surface area contributed by atoms with Gasteiger partial charge in [0.15, 0.2) is 5.13 Å². The molecule has 1 aromatic carbocycles. The number of benzene rings is 1. The van der Waals surface area contributed by atoms with Gasteiger partial charge in [-0.25, -0.2) is 4.98 Å². The maximum absolute atomic E-state index is 12.5. The highest BCUT2D eigenvalue weighted by molar-refractivity contribution is 7.14. The quantitative estimate of drug-likeness (QED) is 0.676. The maximum Gasteiger partial charge on any atom is 0.257 e. The second-order valence-electron chi connectivity index (χ2n) is 6.82. The highest BCUT2D eigenvalue weighted by Gasteiger charge is 2.28.